The largest absolute Gasteiger partial charge is 0.389 e. The molecular weight excluding hydrogens is 207 g/mol. The molecule has 0 saturated carbocycles. The first kappa shape index (κ1) is 10.5. The molecular formula is C6H10Cl2O4. The number of alkyl halides is 2. The van der Waals surface area contributed by atoms with Crippen molar-refractivity contribution in [3.05, 3.63) is 0 Å². The van der Waals surface area contributed by atoms with E-state index in [2.05, 4.69) is 0 Å². The minimum atomic E-state index is -1.42. The van der Waals surface area contributed by atoms with Gasteiger partial charge in [-0.05, 0) is 0 Å². The SMILES string of the molecule is O[C@@H]1[C@H](O)[C@H](O)O[C@@H](CCl)[C@@H]1Cl. The summed E-state index contributed by atoms with van der Waals surface area (Å²) in [5.41, 5.74) is 0. The first-order valence-electron chi connectivity index (χ1n) is 3.47. The highest BCUT2D eigenvalue weighted by Gasteiger charge is 2.42. The van der Waals surface area contributed by atoms with E-state index < -0.39 is 30.0 Å². The Morgan fingerprint density at radius 1 is 1.17 bits per heavy atom. The summed E-state index contributed by atoms with van der Waals surface area (Å²) in [5, 5.41) is 26.5. The molecule has 0 aromatic heterocycles. The van der Waals surface area contributed by atoms with Crippen molar-refractivity contribution in [2.45, 2.75) is 30.0 Å². The number of aliphatic hydroxyl groups excluding tert-OH is 3. The van der Waals surface area contributed by atoms with Crippen molar-refractivity contribution in [1.29, 1.82) is 0 Å². The van der Waals surface area contributed by atoms with Gasteiger partial charge in [-0.2, -0.15) is 0 Å². The highest BCUT2D eigenvalue weighted by Crippen LogP contribution is 2.24. The average molecular weight is 217 g/mol. The van der Waals surface area contributed by atoms with Crippen LogP contribution in [0.2, 0.25) is 0 Å². The summed E-state index contributed by atoms with van der Waals surface area (Å²) in [6.07, 6.45) is -4.63. The molecule has 3 N–H and O–H groups in total. The molecule has 0 aromatic carbocycles. The van der Waals surface area contributed by atoms with Crippen LogP contribution in [0.3, 0.4) is 0 Å². The second kappa shape index (κ2) is 4.09. The van der Waals surface area contributed by atoms with Crippen LogP contribution < -0.4 is 0 Å². The van der Waals surface area contributed by atoms with Gasteiger partial charge in [-0.1, -0.05) is 0 Å². The Balaban J connectivity index is 2.63. The van der Waals surface area contributed by atoms with Crippen molar-refractivity contribution < 1.29 is 20.1 Å². The molecule has 72 valence electrons. The van der Waals surface area contributed by atoms with Crippen molar-refractivity contribution in [2.24, 2.45) is 0 Å². The summed E-state index contributed by atoms with van der Waals surface area (Å²) in [5.74, 6) is 0.0645. The van der Waals surface area contributed by atoms with Gasteiger partial charge in [0.2, 0.25) is 0 Å². The zero-order valence-corrected chi connectivity index (χ0v) is 7.61. The van der Waals surface area contributed by atoms with Crippen LogP contribution in [0.1, 0.15) is 0 Å². The van der Waals surface area contributed by atoms with Crippen LogP contribution in [0.4, 0.5) is 0 Å². The Hall–Kier alpha value is 0.420. The standard InChI is InChI=1S/C6H10Cl2O4/c7-1-2-3(8)4(9)5(10)6(11)12-2/h2-6,9-11H,1H2/t2-,3-,4-,5-,6+/m0/s1. The molecule has 0 spiro atoms. The predicted octanol–water partition coefficient (Wildman–Crippen LogP) is -0.728. The molecule has 1 aliphatic heterocycles. The minimum absolute atomic E-state index is 0.0645. The zero-order valence-electron chi connectivity index (χ0n) is 6.10. The van der Waals surface area contributed by atoms with Gasteiger partial charge < -0.3 is 20.1 Å². The van der Waals surface area contributed by atoms with Crippen LogP contribution in [0.15, 0.2) is 0 Å². The lowest BCUT2D eigenvalue weighted by Gasteiger charge is -2.37. The van der Waals surface area contributed by atoms with Crippen LogP contribution in [0, 0.1) is 0 Å². The molecule has 0 unspecified atom stereocenters. The molecule has 0 aliphatic carbocycles. The second-order valence-electron chi connectivity index (χ2n) is 2.65. The molecule has 0 radical (unpaired) electrons. The quantitative estimate of drug-likeness (QED) is 0.506. The van der Waals surface area contributed by atoms with Crippen molar-refractivity contribution in [3.8, 4) is 0 Å². The third-order valence-electron chi connectivity index (χ3n) is 1.79. The smallest absolute Gasteiger partial charge is 0.183 e. The Bertz CT molecular complexity index is 152. The Morgan fingerprint density at radius 2 is 1.75 bits per heavy atom. The van der Waals surface area contributed by atoms with Crippen molar-refractivity contribution in [2.75, 3.05) is 5.88 Å². The molecule has 0 amide bonds. The lowest BCUT2D eigenvalue weighted by Crippen LogP contribution is -2.55. The normalized spacial score (nSPS) is 49.2. The van der Waals surface area contributed by atoms with Gasteiger partial charge in [-0.25, -0.2) is 0 Å². The van der Waals surface area contributed by atoms with Crippen molar-refractivity contribution >= 4 is 23.2 Å². The molecule has 6 heteroatoms. The molecule has 1 rings (SSSR count). The number of halogens is 2. The lowest BCUT2D eigenvalue weighted by molar-refractivity contribution is -0.239. The highest BCUT2D eigenvalue weighted by molar-refractivity contribution is 6.23. The second-order valence-corrected chi connectivity index (χ2v) is 3.46. The van der Waals surface area contributed by atoms with E-state index in [9.17, 15) is 5.11 Å². The first-order valence-corrected chi connectivity index (χ1v) is 4.44. The Morgan fingerprint density at radius 3 is 2.25 bits per heavy atom. The van der Waals surface area contributed by atoms with E-state index in [-0.39, 0.29) is 5.88 Å². The molecule has 4 nitrogen and oxygen atoms in total. The van der Waals surface area contributed by atoms with Gasteiger partial charge >= 0.3 is 0 Å². The number of ether oxygens (including phenoxy) is 1. The number of hydrogen-bond acceptors (Lipinski definition) is 4. The van der Waals surface area contributed by atoms with Crippen LogP contribution in [-0.4, -0.2) is 51.2 Å². The van der Waals surface area contributed by atoms with E-state index in [0.717, 1.165) is 0 Å². The average Bonchev–Trinajstić information content (AvgIpc) is 2.08. The topological polar surface area (TPSA) is 69.9 Å². The summed E-state index contributed by atoms with van der Waals surface area (Å²) in [7, 11) is 0. The first-order chi connectivity index (χ1) is 5.57. The van der Waals surface area contributed by atoms with Gasteiger partial charge in [-0.15, -0.1) is 23.2 Å². The molecule has 1 heterocycles. The molecule has 1 fully saturated rings. The lowest BCUT2D eigenvalue weighted by atomic mass is 10.0. The fourth-order valence-electron chi connectivity index (χ4n) is 1.03. The van der Waals surface area contributed by atoms with E-state index in [1.54, 1.807) is 0 Å². The fraction of sp³-hybridized carbons (Fsp3) is 1.00. The van der Waals surface area contributed by atoms with E-state index >= 15 is 0 Å². The van der Waals surface area contributed by atoms with Gasteiger partial charge in [0.25, 0.3) is 0 Å². The maximum Gasteiger partial charge on any atom is 0.183 e. The van der Waals surface area contributed by atoms with E-state index in [0.29, 0.717) is 0 Å². The predicted molar refractivity (Wildman–Crippen MR) is 43.3 cm³/mol. The summed E-state index contributed by atoms with van der Waals surface area (Å²) >= 11 is 11.1. The third kappa shape index (κ3) is 1.84. The molecule has 0 aromatic rings. The summed E-state index contributed by atoms with van der Waals surface area (Å²) < 4.78 is 4.81. The molecule has 1 saturated heterocycles. The van der Waals surface area contributed by atoms with Gasteiger partial charge in [-0.3, -0.25) is 0 Å². The van der Waals surface area contributed by atoms with Gasteiger partial charge in [0.15, 0.2) is 6.29 Å². The van der Waals surface area contributed by atoms with Crippen molar-refractivity contribution in [3.63, 3.8) is 0 Å². The number of aliphatic hydroxyl groups is 3. The van der Waals surface area contributed by atoms with Gasteiger partial charge in [0.05, 0.1) is 17.4 Å². The molecule has 1 aliphatic rings. The summed E-state index contributed by atoms with van der Waals surface area (Å²) in [6.45, 7) is 0. The summed E-state index contributed by atoms with van der Waals surface area (Å²) in [4.78, 5) is 0. The van der Waals surface area contributed by atoms with Gasteiger partial charge in [0.1, 0.15) is 12.2 Å². The minimum Gasteiger partial charge on any atom is -0.389 e. The fourth-order valence-corrected chi connectivity index (χ4v) is 1.69. The Labute approximate surface area is 79.7 Å². The van der Waals surface area contributed by atoms with Gasteiger partial charge in [0, 0.05) is 0 Å². The van der Waals surface area contributed by atoms with E-state index in [4.69, 9.17) is 38.2 Å². The molecule has 5 atom stereocenters. The Kier molecular flexibility index (Phi) is 3.58. The molecule has 12 heavy (non-hydrogen) atoms. The van der Waals surface area contributed by atoms with Crippen LogP contribution in [0.25, 0.3) is 0 Å². The highest BCUT2D eigenvalue weighted by atomic mass is 35.5. The maximum absolute atomic E-state index is 9.24. The van der Waals surface area contributed by atoms with Crippen LogP contribution >= 0.6 is 23.2 Å². The van der Waals surface area contributed by atoms with E-state index in [1.807, 2.05) is 0 Å². The van der Waals surface area contributed by atoms with Crippen LogP contribution in [-0.2, 0) is 4.74 Å². The third-order valence-corrected chi connectivity index (χ3v) is 2.63. The monoisotopic (exact) mass is 216 g/mol. The van der Waals surface area contributed by atoms with Crippen LogP contribution in [0.5, 0.6) is 0 Å². The van der Waals surface area contributed by atoms with Crippen molar-refractivity contribution in [1.82, 2.24) is 0 Å². The number of rotatable bonds is 1. The summed E-state index contributed by atoms with van der Waals surface area (Å²) in [6, 6.07) is 0. The molecule has 0 bridgehead atoms. The zero-order chi connectivity index (χ0) is 9.30. The maximum atomic E-state index is 9.24. The number of hydrogen-bond donors (Lipinski definition) is 3. The van der Waals surface area contributed by atoms with E-state index in [1.165, 1.54) is 0 Å².